The summed E-state index contributed by atoms with van der Waals surface area (Å²) in [5.74, 6) is 0.351. The van der Waals surface area contributed by atoms with Gasteiger partial charge in [-0.25, -0.2) is 4.98 Å². The minimum Gasteiger partial charge on any atom is -0.307 e. The number of nitrogens with one attached hydrogen (secondary N) is 1. The predicted molar refractivity (Wildman–Crippen MR) is 81.1 cm³/mol. The van der Waals surface area contributed by atoms with Crippen molar-refractivity contribution in [2.75, 3.05) is 5.32 Å². The highest BCUT2D eigenvalue weighted by molar-refractivity contribution is 14.1. The molecule has 1 aromatic heterocycles. The van der Waals surface area contributed by atoms with Gasteiger partial charge in [0.1, 0.15) is 5.82 Å². The predicted octanol–water partition coefficient (Wildman–Crippen LogP) is 3.90. The Morgan fingerprint density at radius 3 is 2.72 bits per heavy atom. The van der Waals surface area contributed by atoms with E-state index in [9.17, 15) is 4.79 Å². The monoisotopic (exact) mass is 372 g/mol. The van der Waals surface area contributed by atoms with Crippen LogP contribution in [-0.4, -0.2) is 10.9 Å². The maximum absolute atomic E-state index is 12.0. The van der Waals surface area contributed by atoms with E-state index in [-0.39, 0.29) is 5.91 Å². The lowest BCUT2D eigenvalue weighted by atomic mass is 10.2. The molecule has 0 bridgehead atoms. The zero-order valence-electron chi connectivity index (χ0n) is 9.58. The second-order valence-corrected chi connectivity index (χ2v) is 5.40. The number of hydrogen-bond donors (Lipinski definition) is 1. The van der Waals surface area contributed by atoms with E-state index in [1.807, 2.05) is 13.0 Å². The van der Waals surface area contributed by atoms with E-state index in [1.165, 1.54) is 0 Å². The van der Waals surface area contributed by atoms with E-state index in [0.29, 0.717) is 16.4 Å². The van der Waals surface area contributed by atoms with Crippen molar-refractivity contribution in [3.63, 3.8) is 0 Å². The molecule has 0 aliphatic heterocycles. The molecule has 92 valence electrons. The summed E-state index contributed by atoms with van der Waals surface area (Å²) in [6, 6.07) is 8.82. The van der Waals surface area contributed by atoms with Gasteiger partial charge in [-0.15, -0.1) is 0 Å². The molecule has 18 heavy (non-hydrogen) atoms. The van der Waals surface area contributed by atoms with Gasteiger partial charge in [0.2, 0.25) is 0 Å². The molecule has 3 nitrogen and oxygen atoms in total. The molecule has 0 unspecified atom stereocenters. The minimum atomic E-state index is -0.188. The molecule has 1 amide bonds. The summed E-state index contributed by atoms with van der Waals surface area (Å²) in [4.78, 5) is 16.2. The Balaban J connectivity index is 2.19. The average molecular weight is 373 g/mol. The van der Waals surface area contributed by atoms with Crippen molar-refractivity contribution >= 4 is 45.9 Å². The minimum absolute atomic E-state index is 0.188. The maximum Gasteiger partial charge on any atom is 0.257 e. The van der Waals surface area contributed by atoms with Gasteiger partial charge in [0, 0.05) is 14.8 Å². The fourth-order valence-corrected chi connectivity index (χ4v) is 2.52. The molecule has 0 saturated heterocycles. The fraction of sp³-hybridized carbons (Fsp3) is 0.0769. The van der Waals surface area contributed by atoms with Crippen molar-refractivity contribution in [2.45, 2.75) is 6.92 Å². The Kier molecular flexibility index (Phi) is 4.19. The number of anilines is 1. The van der Waals surface area contributed by atoms with Crippen LogP contribution in [0, 0.1) is 10.5 Å². The molecule has 5 heteroatoms. The first-order valence-electron chi connectivity index (χ1n) is 5.25. The van der Waals surface area contributed by atoms with E-state index in [2.05, 4.69) is 32.9 Å². The number of carbonyl (C=O) groups is 1. The van der Waals surface area contributed by atoms with Crippen molar-refractivity contribution in [1.29, 1.82) is 0 Å². The van der Waals surface area contributed by atoms with Gasteiger partial charge in [-0.2, -0.15) is 0 Å². The fourth-order valence-electron chi connectivity index (χ4n) is 1.40. The second kappa shape index (κ2) is 5.67. The van der Waals surface area contributed by atoms with Crippen molar-refractivity contribution in [3.05, 3.63) is 56.2 Å². The third-order valence-corrected chi connectivity index (χ3v) is 3.46. The van der Waals surface area contributed by atoms with Crippen molar-refractivity contribution < 1.29 is 4.79 Å². The Hall–Kier alpha value is -1.14. The molecule has 0 saturated carbocycles. The molecule has 1 N–H and O–H groups in total. The van der Waals surface area contributed by atoms with Gasteiger partial charge in [-0.3, -0.25) is 4.79 Å². The third kappa shape index (κ3) is 3.20. The lowest BCUT2D eigenvalue weighted by Gasteiger charge is -2.06. The number of nitrogens with zero attached hydrogens (tertiary/aromatic N) is 1. The summed E-state index contributed by atoms with van der Waals surface area (Å²) >= 11 is 7.93. The van der Waals surface area contributed by atoms with Crippen LogP contribution in [0.4, 0.5) is 5.82 Å². The number of aryl methyl sites for hydroxylation is 1. The highest BCUT2D eigenvalue weighted by atomic mass is 127. The molecule has 0 aliphatic rings. The van der Waals surface area contributed by atoms with Crippen LogP contribution in [0.2, 0.25) is 5.02 Å². The van der Waals surface area contributed by atoms with E-state index >= 15 is 0 Å². The summed E-state index contributed by atoms with van der Waals surface area (Å²) < 4.78 is 0.810. The van der Waals surface area contributed by atoms with E-state index in [4.69, 9.17) is 11.6 Å². The number of benzene rings is 1. The number of pyridine rings is 1. The lowest BCUT2D eigenvalue weighted by molar-refractivity contribution is 0.102. The number of halogens is 2. The molecule has 0 aliphatic carbocycles. The summed E-state index contributed by atoms with van der Waals surface area (Å²) in [6.07, 6.45) is 1.71. The summed E-state index contributed by atoms with van der Waals surface area (Å²) in [6.45, 7) is 1.95. The normalized spacial score (nSPS) is 10.2. The first kappa shape index (κ1) is 13.3. The number of aromatic nitrogens is 1. The maximum atomic E-state index is 12.0. The van der Waals surface area contributed by atoms with Gasteiger partial charge < -0.3 is 5.32 Å². The highest BCUT2D eigenvalue weighted by Crippen LogP contribution is 2.19. The molecule has 0 spiro atoms. The van der Waals surface area contributed by atoms with Gasteiger partial charge in [-0.05, 0) is 59.3 Å². The molecular formula is C13H10ClIN2O. The lowest BCUT2D eigenvalue weighted by Crippen LogP contribution is -2.14. The molecule has 0 radical (unpaired) electrons. The SMILES string of the molecule is Cc1ccc(NC(=O)c2ccc(Cl)cc2I)nc1. The first-order valence-corrected chi connectivity index (χ1v) is 6.71. The molecule has 0 atom stereocenters. The molecule has 1 aromatic carbocycles. The standard InChI is InChI=1S/C13H10ClIN2O/c1-8-2-5-12(16-7-8)17-13(18)10-4-3-9(14)6-11(10)15/h2-7H,1H3,(H,16,17,18). The first-order chi connectivity index (χ1) is 8.56. The van der Waals surface area contributed by atoms with E-state index in [0.717, 1.165) is 9.13 Å². The van der Waals surface area contributed by atoms with Crippen LogP contribution in [-0.2, 0) is 0 Å². The van der Waals surface area contributed by atoms with Crippen LogP contribution in [0.5, 0.6) is 0 Å². The third-order valence-electron chi connectivity index (χ3n) is 2.33. The number of amides is 1. The number of rotatable bonds is 2. The van der Waals surface area contributed by atoms with Gasteiger partial charge in [0.15, 0.2) is 0 Å². The van der Waals surface area contributed by atoms with Crippen LogP contribution in [0.25, 0.3) is 0 Å². The highest BCUT2D eigenvalue weighted by Gasteiger charge is 2.10. The Labute approximate surface area is 124 Å². The summed E-state index contributed by atoms with van der Waals surface area (Å²) in [5.41, 5.74) is 1.64. The second-order valence-electron chi connectivity index (χ2n) is 3.80. The van der Waals surface area contributed by atoms with Crippen molar-refractivity contribution in [1.82, 2.24) is 4.98 Å². The molecule has 0 fully saturated rings. The topological polar surface area (TPSA) is 42.0 Å². The van der Waals surface area contributed by atoms with Gasteiger partial charge in [0.05, 0.1) is 5.56 Å². The smallest absolute Gasteiger partial charge is 0.257 e. The van der Waals surface area contributed by atoms with Gasteiger partial charge in [0.25, 0.3) is 5.91 Å². The van der Waals surface area contributed by atoms with Crippen LogP contribution in [0.15, 0.2) is 36.5 Å². The van der Waals surface area contributed by atoms with Crippen LogP contribution in [0.3, 0.4) is 0 Å². The largest absolute Gasteiger partial charge is 0.307 e. The summed E-state index contributed by atoms with van der Waals surface area (Å²) in [7, 11) is 0. The quantitative estimate of drug-likeness (QED) is 0.813. The van der Waals surface area contributed by atoms with Gasteiger partial charge >= 0.3 is 0 Å². The summed E-state index contributed by atoms with van der Waals surface area (Å²) in [5, 5.41) is 3.36. The van der Waals surface area contributed by atoms with Gasteiger partial charge in [-0.1, -0.05) is 17.7 Å². The van der Waals surface area contributed by atoms with Crippen LogP contribution in [0.1, 0.15) is 15.9 Å². The zero-order chi connectivity index (χ0) is 13.1. The number of hydrogen-bond acceptors (Lipinski definition) is 2. The van der Waals surface area contributed by atoms with Crippen molar-refractivity contribution in [3.8, 4) is 0 Å². The molecule has 1 heterocycles. The Morgan fingerprint density at radius 2 is 2.11 bits per heavy atom. The van der Waals surface area contributed by atoms with E-state index in [1.54, 1.807) is 30.5 Å². The Bertz CT molecular complexity index is 584. The average Bonchev–Trinajstić information content (AvgIpc) is 2.32. The van der Waals surface area contributed by atoms with Crippen molar-refractivity contribution in [2.24, 2.45) is 0 Å². The molecule has 2 aromatic rings. The van der Waals surface area contributed by atoms with Crippen LogP contribution < -0.4 is 5.32 Å². The van der Waals surface area contributed by atoms with E-state index < -0.39 is 0 Å². The van der Waals surface area contributed by atoms with Crippen LogP contribution >= 0.6 is 34.2 Å². The molecule has 2 rings (SSSR count). The zero-order valence-corrected chi connectivity index (χ0v) is 12.5. The Morgan fingerprint density at radius 1 is 1.33 bits per heavy atom. The molecular weight excluding hydrogens is 363 g/mol. The number of carbonyl (C=O) groups excluding carboxylic acids is 1.